The minimum atomic E-state index is -0.315. The van der Waals surface area contributed by atoms with Gasteiger partial charge >= 0.3 is 0 Å². The number of aromatic nitrogens is 1. The lowest BCUT2D eigenvalue weighted by atomic mass is 9.83. The van der Waals surface area contributed by atoms with Gasteiger partial charge in [0.15, 0.2) is 5.76 Å². The summed E-state index contributed by atoms with van der Waals surface area (Å²) in [5, 5.41) is 4.31. The van der Waals surface area contributed by atoms with Crippen LogP contribution in [0.25, 0.3) is 0 Å². The van der Waals surface area contributed by atoms with Crippen molar-refractivity contribution in [2.24, 2.45) is 5.92 Å². The Hall–Kier alpha value is -3.09. The van der Waals surface area contributed by atoms with Gasteiger partial charge in [-0.05, 0) is 74.4 Å². The third kappa shape index (κ3) is 4.29. The predicted octanol–water partition coefficient (Wildman–Crippen LogP) is 5.13. The number of furan rings is 1. The maximum absolute atomic E-state index is 13.0. The summed E-state index contributed by atoms with van der Waals surface area (Å²) in [6, 6.07) is 9.22. The van der Waals surface area contributed by atoms with Gasteiger partial charge in [0, 0.05) is 24.6 Å². The molecular formula is C25H27FN2O4. The molecule has 3 aromatic rings. The molecule has 1 atom stereocenters. The lowest BCUT2D eigenvalue weighted by Gasteiger charge is -2.31. The van der Waals surface area contributed by atoms with Crippen molar-refractivity contribution in [1.82, 2.24) is 10.1 Å². The summed E-state index contributed by atoms with van der Waals surface area (Å²) in [4.78, 5) is 14.7. The third-order valence-electron chi connectivity index (χ3n) is 6.55. The molecule has 0 bridgehead atoms. The van der Waals surface area contributed by atoms with Gasteiger partial charge in [-0.15, -0.1) is 0 Å². The Bertz CT molecular complexity index is 1080. The highest BCUT2D eigenvalue weighted by Crippen LogP contribution is 2.36. The van der Waals surface area contributed by atoms with Gasteiger partial charge in [-0.1, -0.05) is 12.1 Å². The zero-order valence-electron chi connectivity index (χ0n) is 18.2. The summed E-state index contributed by atoms with van der Waals surface area (Å²) in [7, 11) is 0. The Morgan fingerprint density at radius 1 is 1.16 bits per heavy atom. The Balaban J connectivity index is 1.16. The van der Waals surface area contributed by atoms with E-state index in [1.54, 1.807) is 24.3 Å². The maximum Gasteiger partial charge on any atom is 0.289 e. The molecule has 0 radical (unpaired) electrons. The van der Waals surface area contributed by atoms with Crippen molar-refractivity contribution in [3.63, 3.8) is 0 Å². The second-order valence-electron chi connectivity index (χ2n) is 8.90. The van der Waals surface area contributed by atoms with E-state index in [0.29, 0.717) is 42.2 Å². The average Bonchev–Trinajstić information content (AvgIpc) is 3.45. The van der Waals surface area contributed by atoms with E-state index < -0.39 is 0 Å². The van der Waals surface area contributed by atoms with Gasteiger partial charge in [0.25, 0.3) is 5.91 Å². The van der Waals surface area contributed by atoms with E-state index in [1.165, 1.54) is 24.1 Å². The van der Waals surface area contributed by atoms with Crippen LogP contribution in [0, 0.1) is 11.7 Å². The number of carbonyl (C=O) groups excluding carboxylic acids is 1. The monoisotopic (exact) mass is 438 g/mol. The number of nitrogens with zero attached hydrogens (tertiary/aromatic N) is 2. The van der Waals surface area contributed by atoms with Gasteiger partial charge < -0.3 is 18.6 Å². The lowest BCUT2D eigenvalue weighted by Crippen LogP contribution is -2.37. The first kappa shape index (κ1) is 20.8. The molecular weight excluding hydrogens is 411 g/mol. The topological polar surface area (TPSA) is 68.7 Å². The van der Waals surface area contributed by atoms with Gasteiger partial charge in [-0.3, -0.25) is 4.79 Å². The smallest absolute Gasteiger partial charge is 0.289 e. The molecule has 6 nitrogen and oxygen atoms in total. The molecule has 5 rings (SSSR count). The SMILES string of the molecule is C[C@@H]1CCc2noc(C3CCN(C(=O)c4ccc(COc5ccc(F)cc5)o4)CC3)c2C1. The summed E-state index contributed by atoms with van der Waals surface area (Å²) in [6.07, 6.45) is 4.95. The molecule has 0 spiro atoms. The molecule has 1 aromatic carbocycles. The molecule has 1 fully saturated rings. The van der Waals surface area contributed by atoms with E-state index in [4.69, 9.17) is 13.7 Å². The fourth-order valence-electron chi connectivity index (χ4n) is 4.68. The number of carbonyl (C=O) groups is 1. The van der Waals surface area contributed by atoms with Gasteiger partial charge in [0.1, 0.15) is 29.7 Å². The van der Waals surface area contributed by atoms with Crippen molar-refractivity contribution in [2.45, 2.75) is 51.6 Å². The average molecular weight is 438 g/mol. The fraction of sp³-hybridized carbons (Fsp3) is 0.440. The van der Waals surface area contributed by atoms with Crippen LogP contribution in [0.2, 0.25) is 0 Å². The van der Waals surface area contributed by atoms with Crippen molar-refractivity contribution in [3.05, 3.63) is 70.8 Å². The zero-order chi connectivity index (χ0) is 22.1. The Labute approximate surface area is 186 Å². The van der Waals surface area contributed by atoms with Crippen molar-refractivity contribution in [1.29, 1.82) is 0 Å². The molecule has 32 heavy (non-hydrogen) atoms. The Kier molecular flexibility index (Phi) is 5.72. The molecule has 0 N–H and O–H groups in total. The second-order valence-corrected chi connectivity index (χ2v) is 8.90. The molecule has 1 amide bonds. The summed E-state index contributed by atoms with van der Waals surface area (Å²) >= 11 is 0. The lowest BCUT2D eigenvalue weighted by molar-refractivity contribution is 0.0669. The van der Waals surface area contributed by atoms with E-state index in [1.807, 2.05) is 4.90 Å². The van der Waals surface area contributed by atoms with Gasteiger partial charge in [0.2, 0.25) is 0 Å². The number of amides is 1. The third-order valence-corrected chi connectivity index (χ3v) is 6.55. The van der Waals surface area contributed by atoms with Crippen molar-refractivity contribution in [2.75, 3.05) is 13.1 Å². The molecule has 2 aromatic heterocycles. The van der Waals surface area contributed by atoms with E-state index in [-0.39, 0.29) is 18.3 Å². The van der Waals surface area contributed by atoms with E-state index in [9.17, 15) is 9.18 Å². The first-order valence-electron chi connectivity index (χ1n) is 11.3. The normalized spacial score (nSPS) is 19.1. The molecule has 1 aliphatic carbocycles. The summed E-state index contributed by atoms with van der Waals surface area (Å²) in [6.45, 7) is 3.78. The highest BCUT2D eigenvalue weighted by atomic mass is 19.1. The van der Waals surface area contributed by atoms with E-state index >= 15 is 0 Å². The number of fused-ring (bicyclic) bond motifs is 1. The van der Waals surface area contributed by atoms with Crippen LogP contribution < -0.4 is 4.74 Å². The van der Waals surface area contributed by atoms with Crippen LogP contribution in [0.1, 0.15) is 65.4 Å². The minimum Gasteiger partial charge on any atom is -0.486 e. The summed E-state index contributed by atoms with van der Waals surface area (Å²) in [5.41, 5.74) is 2.44. The molecule has 0 saturated carbocycles. The van der Waals surface area contributed by atoms with E-state index in [2.05, 4.69) is 12.1 Å². The Morgan fingerprint density at radius 3 is 2.72 bits per heavy atom. The van der Waals surface area contributed by atoms with Gasteiger partial charge in [0.05, 0.1) is 5.69 Å². The standard InChI is InChI=1S/C25H27FN2O4/c1-16-2-8-22-21(14-16)24(32-27-22)17-10-12-28(13-11-17)25(29)23-9-7-20(31-23)15-30-19-5-3-18(26)4-6-19/h3-7,9,16-17H,2,8,10-15H2,1H3/t16-/m1/s1. The van der Waals surface area contributed by atoms with Crippen molar-refractivity contribution < 1.29 is 22.9 Å². The highest BCUT2D eigenvalue weighted by Gasteiger charge is 2.32. The van der Waals surface area contributed by atoms with E-state index in [0.717, 1.165) is 37.1 Å². The number of benzene rings is 1. The Morgan fingerprint density at radius 2 is 1.94 bits per heavy atom. The quantitative estimate of drug-likeness (QED) is 0.552. The first-order valence-corrected chi connectivity index (χ1v) is 11.3. The molecule has 168 valence electrons. The number of rotatable bonds is 5. The predicted molar refractivity (Wildman–Crippen MR) is 115 cm³/mol. The van der Waals surface area contributed by atoms with Crippen LogP contribution in [-0.4, -0.2) is 29.1 Å². The molecule has 1 aliphatic heterocycles. The minimum absolute atomic E-state index is 0.107. The van der Waals surface area contributed by atoms with Crippen LogP contribution in [-0.2, 0) is 19.4 Å². The number of hydrogen-bond donors (Lipinski definition) is 0. The van der Waals surface area contributed by atoms with Crippen LogP contribution in [0.5, 0.6) is 5.75 Å². The van der Waals surface area contributed by atoms with Crippen LogP contribution >= 0.6 is 0 Å². The maximum atomic E-state index is 13.0. The molecule has 7 heteroatoms. The highest BCUT2D eigenvalue weighted by molar-refractivity contribution is 5.91. The van der Waals surface area contributed by atoms with Crippen molar-refractivity contribution >= 4 is 5.91 Å². The molecule has 0 unspecified atom stereocenters. The van der Waals surface area contributed by atoms with Crippen molar-refractivity contribution in [3.8, 4) is 5.75 Å². The summed E-state index contributed by atoms with van der Waals surface area (Å²) < 4.78 is 30.0. The number of ether oxygens (including phenoxy) is 1. The van der Waals surface area contributed by atoms with Crippen LogP contribution in [0.15, 0.2) is 45.3 Å². The number of likely N-dealkylation sites (tertiary alicyclic amines) is 1. The van der Waals surface area contributed by atoms with Crippen LogP contribution in [0.3, 0.4) is 0 Å². The van der Waals surface area contributed by atoms with Gasteiger partial charge in [-0.2, -0.15) is 0 Å². The zero-order valence-corrected chi connectivity index (χ0v) is 18.2. The summed E-state index contributed by atoms with van der Waals surface area (Å²) in [5.74, 6) is 3.01. The van der Waals surface area contributed by atoms with Gasteiger partial charge in [-0.25, -0.2) is 4.39 Å². The molecule has 2 aliphatic rings. The molecule has 1 saturated heterocycles. The van der Waals surface area contributed by atoms with Crippen LogP contribution in [0.4, 0.5) is 4.39 Å². The molecule has 3 heterocycles. The number of aryl methyl sites for hydroxylation is 1. The second kappa shape index (κ2) is 8.81. The number of hydrogen-bond acceptors (Lipinski definition) is 5. The number of piperidine rings is 1. The number of halogens is 1. The largest absolute Gasteiger partial charge is 0.486 e. The fourth-order valence-corrected chi connectivity index (χ4v) is 4.68. The first-order chi connectivity index (χ1) is 15.6.